The number of nitrogens with two attached hydrogens (primary N) is 1. The van der Waals surface area contributed by atoms with Crippen LogP contribution in [0.1, 0.15) is 22.8 Å². The van der Waals surface area contributed by atoms with E-state index in [1.54, 1.807) is 6.92 Å². The second-order valence-corrected chi connectivity index (χ2v) is 9.02. The first kappa shape index (κ1) is 23.6. The molecule has 0 aliphatic carbocycles. The molecular formula is C19H16F3N3O5S2. The molecule has 0 fully saturated rings. The van der Waals surface area contributed by atoms with Crippen LogP contribution >= 0.6 is 11.3 Å². The molecule has 2 aromatic carbocycles. The van der Waals surface area contributed by atoms with Gasteiger partial charge in [-0.1, -0.05) is 17.4 Å². The smallest absolute Gasteiger partial charge is 0.416 e. The van der Waals surface area contributed by atoms with Crippen LogP contribution < -0.4 is 9.94 Å². The highest BCUT2D eigenvalue weighted by molar-refractivity contribution is 7.89. The van der Waals surface area contributed by atoms with Crippen LogP contribution in [0.5, 0.6) is 0 Å². The maximum absolute atomic E-state index is 13.0. The summed E-state index contributed by atoms with van der Waals surface area (Å²) in [5, 5.41) is 5.15. The summed E-state index contributed by atoms with van der Waals surface area (Å²) in [5.74, 6) is -1.61. The molecule has 0 aliphatic heterocycles. The number of thiazole rings is 1. The van der Waals surface area contributed by atoms with Crippen LogP contribution in [0.25, 0.3) is 10.2 Å². The van der Waals surface area contributed by atoms with Crippen molar-refractivity contribution in [2.75, 3.05) is 6.61 Å². The van der Waals surface area contributed by atoms with Gasteiger partial charge in [-0.05, 0) is 43.3 Å². The molecule has 0 spiro atoms. The normalized spacial score (nSPS) is 12.8. The Morgan fingerprint density at radius 2 is 1.91 bits per heavy atom. The predicted octanol–water partition coefficient (Wildman–Crippen LogP) is 2.67. The Bertz CT molecular complexity index is 1370. The number of benzene rings is 2. The zero-order valence-corrected chi connectivity index (χ0v) is 18.1. The first-order valence-corrected chi connectivity index (χ1v) is 11.3. The molecule has 32 heavy (non-hydrogen) atoms. The molecule has 8 nitrogen and oxygen atoms in total. The molecule has 0 bridgehead atoms. The molecule has 0 radical (unpaired) electrons. The summed E-state index contributed by atoms with van der Waals surface area (Å²) in [7, 11) is -4.01. The Kier molecular flexibility index (Phi) is 6.53. The molecule has 1 heterocycles. The molecule has 1 aromatic heterocycles. The van der Waals surface area contributed by atoms with Gasteiger partial charge in [0.15, 0.2) is 4.80 Å². The van der Waals surface area contributed by atoms with Gasteiger partial charge >= 0.3 is 12.1 Å². The van der Waals surface area contributed by atoms with E-state index in [0.29, 0.717) is 16.3 Å². The van der Waals surface area contributed by atoms with E-state index < -0.39 is 33.6 Å². The van der Waals surface area contributed by atoms with Crippen molar-refractivity contribution in [2.24, 2.45) is 10.1 Å². The average molecular weight is 487 g/mol. The van der Waals surface area contributed by atoms with Crippen LogP contribution in [-0.4, -0.2) is 31.5 Å². The van der Waals surface area contributed by atoms with E-state index in [1.165, 1.54) is 28.8 Å². The quantitative estimate of drug-likeness (QED) is 0.555. The van der Waals surface area contributed by atoms with Crippen LogP contribution in [0.15, 0.2) is 52.4 Å². The van der Waals surface area contributed by atoms with Gasteiger partial charge in [0.2, 0.25) is 10.0 Å². The van der Waals surface area contributed by atoms with Crippen molar-refractivity contribution in [3.63, 3.8) is 0 Å². The zero-order chi connectivity index (χ0) is 23.7. The van der Waals surface area contributed by atoms with Crippen molar-refractivity contribution in [3.8, 4) is 0 Å². The van der Waals surface area contributed by atoms with E-state index >= 15 is 0 Å². The Labute approximate surface area is 183 Å². The number of nitrogens with zero attached hydrogens (tertiary/aromatic N) is 2. The molecule has 0 saturated heterocycles. The first-order chi connectivity index (χ1) is 14.9. The SMILES string of the molecule is CCOC(=O)Cn1c(=NC(=O)c2cccc(C(F)(F)F)c2)sc2cc(S(N)(=O)=O)ccc21. The maximum atomic E-state index is 13.0. The number of alkyl halides is 3. The minimum atomic E-state index is -4.64. The standard InChI is InChI=1S/C19H16F3N3O5S2/c1-2-30-16(26)10-25-14-7-6-13(32(23,28)29)9-15(14)31-18(25)24-17(27)11-4-3-5-12(8-11)19(20,21)22/h3-9H,2,10H2,1H3,(H2,23,28,29). The maximum Gasteiger partial charge on any atom is 0.416 e. The lowest BCUT2D eigenvalue weighted by atomic mass is 10.1. The number of primary sulfonamides is 1. The van der Waals surface area contributed by atoms with Gasteiger partial charge < -0.3 is 9.30 Å². The van der Waals surface area contributed by atoms with Gasteiger partial charge in [-0.2, -0.15) is 18.2 Å². The molecule has 0 atom stereocenters. The number of ether oxygens (including phenoxy) is 1. The van der Waals surface area contributed by atoms with Crippen molar-refractivity contribution in [3.05, 3.63) is 58.4 Å². The monoisotopic (exact) mass is 487 g/mol. The van der Waals surface area contributed by atoms with E-state index in [-0.39, 0.29) is 28.4 Å². The van der Waals surface area contributed by atoms with Gasteiger partial charge in [-0.3, -0.25) is 9.59 Å². The van der Waals surface area contributed by atoms with Crippen molar-refractivity contribution in [2.45, 2.75) is 24.5 Å². The fraction of sp³-hybridized carbons (Fsp3) is 0.211. The lowest BCUT2D eigenvalue weighted by Crippen LogP contribution is -2.23. The van der Waals surface area contributed by atoms with E-state index in [2.05, 4.69) is 4.99 Å². The van der Waals surface area contributed by atoms with Gasteiger partial charge in [-0.15, -0.1) is 0 Å². The summed E-state index contributed by atoms with van der Waals surface area (Å²) in [6.07, 6.45) is -4.64. The van der Waals surface area contributed by atoms with E-state index in [1.807, 2.05) is 0 Å². The van der Waals surface area contributed by atoms with E-state index in [9.17, 15) is 31.2 Å². The highest BCUT2D eigenvalue weighted by atomic mass is 32.2. The number of hydrogen-bond acceptors (Lipinski definition) is 6. The Balaban J connectivity index is 2.16. The first-order valence-electron chi connectivity index (χ1n) is 8.98. The number of aromatic nitrogens is 1. The molecule has 13 heteroatoms. The van der Waals surface area contributed by atoms with Crippen LogP contribution in [0, 0.1) is 0 Å². The summed E-state index contributed by atoms with van der Waals surface area (Å²) in [6.45, 7) is 1.36. The highest BCUT2D eigenvalue weighted by Crippen LogP contribution is 2.29. The summed E-state index contributed by atoms with van der Waals surface area (Å²) < 4.78 is 68.7. The van der Waals surface area contributed by atoms with Crippen LogP contribution in [0.2, 0.25) is 0 Å². The number of rotatable bonds is 5. The second kappa shape index (κ2) is 8.84. The molecule has 2 N–H and O–H groups in total. The Hall–Kier alpha value is -3.03. The van der Waals surface area contributed by atoms with Gasteiger partial charge in [0.1, 0.15) is 6.54 Å². The van der Waals surface area contributed by atoms with Crippen LogP contribution in [0.3, 0.4) is 0 Å². The number of fused-ring (bicyclic) bond motifs is 1. The molecule has 0 saturated carbocycles. The number of hydrogen-bond donors (Lipinski definition) is 1. The second-order valence-electron chi connectivity index (χ2n) is 6.45. The fourth-order valence-corrected chi connectivity index (χ4v) is 4.47. The summed E-state index contributed by atoms with van der Waals surface area (Å²) in [5.41, 5.74) is -0.941. The number of sulfonamides is 1. The predicted molar refractivity (Wildman–Crippen MR) is 109 cm³/mol. The highest BCUT2D eigenvalue weighted by Gasteiger charge is 2.31. The number of carbonyl (C=O) groups is 2. The number of carbonyl (C=O) groups excluding carboxylic acids is 2. The van der Waals surface area contributed by atoms with E-state index in [4.69, 9.17) is 9.88 Å². The minimum absolute atomic E-state index is 0.0259. The lowest BCUT2D eigenvalue weighted by molar-refractivity contribution is -0.143. The molecule has 3 rings (SSSR count). The van der Waals surface area contributed by atoms with Crippen LogP contribution in [0.4, 0.5) is 13.2 Å². The minimum Gasteiger partial charge on any atom is -0.465 e. The number of esters is 1. The third-order valence-corrected chi connectivity index (χ3v) is 6.16. The average Bonchev–Trinajstić information content (AvgIpc) is 3.03. The molecule has 3 aromatic rings. The molecule has 1 amide bonds. The molecule has 0 aliphatic rings. The summed E-state index contributed by atoms with van der Waals surface area (Å²) in [4.78, 5) is 28.3. The van der Waals surface area contributed by atoms with E-state index in [0.717, 1.165) is 23.5 Å². The molecule has 0 unspecified atom stereocenters. The zero-order valence-electron chi connectivity index (χ0n) is 16.4. The van der Waals surface area contributed by atoms with Gasteiger partial charge in [-0.25, -0.2) is 13.6 Å². The van der Waals surface area contributed by atoms with Crippen molar-refractivity contribution in [1.82, 2.24) is 4.57 Å². The van der Waals surface area contributed by atoms with Crippen molar-refractivity contribution >= 4 is 43.5 Å². The van der Waals surface area contributed by atoms with Crippen molar-refractivity contribution in [1.29, 1.82) is 0 Å². The fourth-order valence-electron chi connectivity index (χ4n) is 2.78. The third kappa shape index (κ3) is 5.23. The number of amides is 1. The van der Waals surface area contributed by atoms with Gasteiger partial charge in [0.05, 0.1) is 27.3 Å². The van der Waals surface area contributed by atoms with Crippen molar-refractivity contribution < 1.29 is 35.9 Å². The topological polar surface area (TPSA) is 121 Å². The Morgan fingerprint density at radius 3 is 2.53 bits per heavy atom. The summed E-state index contributed by atoms with van der Waals surface area (Å²) >= 11 is 0.872. The number of halogens is 3. The van der Waals surface area contributed by atoms with Gasteiger partial charge in [0.25, 0.3) is 5.91 Å². The lowest BCUT2D eigenvalue weighted by Gasteiger charge is -2.07. The molecular weight excluding hydrogens is 471 g/mol. The third-order valence-electron chi connectivity index (χ3n) is 4.21. The molecule has 170 valence electrons. The Morgan fingerprint density at radius 1 is 1.19 bits per heavy atom. The largest absolute Gasteiger partial charge is 0.465 e. The van der Waals surface area contributed by atoms with Crippen LogP contribution in [-0.2, 0) is 32.3 Å². The van der Waals surface area contributed by atoms with Gasteiger partial charge in [0, 0.05) is 5.56 Å². The summed E-state index contributed by atoms with van der Waals surface area (Å²) in [6, 6.07) is 7.64.